The van der Waals surface area contributed by atoms with Crippen molar-refractivity contribution >= 4 is 23.0 Å². The zero-order valence-corrected chi connectivity index (χ0v) is 10.6. The van der Waals surface area contributed by atoms with Crippen molar-refractivity contribution in [1.29, 1.82) is 0 Å². The van der Waals surface area contributed by atoms with E-state index >= 15 is 0 Å². The van der Waals surface area contributed by atoms with Gasteiger partial charge in [-0.2, -0.15) is 5.10 Å². The number of hydrogen-bond acceptors (Lipinski definition) is 4. The highest BCUT2D eigenvalue weighted by Gasteiger charge is 2.05. The summed E-state index contributed by atoms with van der Waals surface area (Å²) in [6.45, 7) is 1.83. The van der Waals surface area contributed by atoms with E-state index in [4.69, 9.17) is 0 Å². The Bertz CT molecular complexity index is 576. The van der Waals surface area contributed by atoms with Gasteiger partial charge in [0.15, 0.2) is 0 Å². The SMILES string of the molecule is C/C(=N/NC(=O)c1cccc(O)c1)c1cccs1. The fourth-order valence-electron chi connectivity index (χ4n) is 1.39. The van der Waals surface area contributed by atoms with Crippen LogP contribution in [0.1, 0.15) is 22.2 Å². The molecular formula is C13H12N2O2S. The molecule has 1 aromatic heterocycles. The van der Waals surface area contributed by atoms with Crippen LogP contribution in [-0.4, -0.2) is 16.7 Å². The quantitative estimate of drug-likeness (QED) is 0.658. The predicted octanol–water partition coefficient (Wildman–Crippen LogP) is 2.61. The molecule has 2 rings (SSSR count). The normalized spacial score (nSPS) is 11.3. The number of phenols is 1. The van der Waals surface area contributed by atoms with Crippen LogP contribution in [0.2, 0.25) is 0 Å². The van der Waals surface area contributed by atoms with Crippen molar-refractivity contribution in [3.8, 4) is 5.75 Å². The van der Waals surface area contributed by atoms with E-state index in [0.717, 1.165) is 10.6 Å². The Morgan fingerprint density at radius 2 is 2.17 bits per heavy atom. The number of amides is 1. The van der Waals surface area contributed by atoms with Gasteiger partial charge in [0.2, 0.25) is 0 Å². The summed E-state index contributed by atoms with van der Waals surface area (Å²) in [5.41, 5.74) is 3.58. The summed E-state index contributed by atoms with van der Waals surface area (Å²) in [5.74, 6) is -0.289. The van der Waals surface area contributed by atoms with E-state index in [-0.39, 0.29) is 11.7 Å². The fraction of sp³-hybridized carbons (Fsp3) is 0.0769. The first-order valence-electron chi connectivity index (χ1n) is 5.34. The number of hydrazone groups is 1. The number of carbonyl (C=O) groups excluding carboxylic acids is 1. The zero-order valence-electron chi connectivity index (χ0n) is 9.75. The van der Waals surface area contributed by atoms with Crippen LogP contribution >= 0.6 is 11.3 Å². The molecular weight excluding hydrogens is 248 g/mol. The summed E-state index contributed by atoms with van der Waals surface area (Å²) >= 11 is 1.56. The van der Waals surface area contributed by atoms with Crippen molar-refractivity contribution in [2.75, 3.05) is 0 Å². The van der Waals surface area contributed by atoms with Crippen molar-refractivity contribution < 1.29 is 9.90 Å². The van der Waals surface area contributed by atoms with Crippen LogP contribution in [0.25, 0.3) is 0 Å². The van der Waals surface area contributed by atoms with E-state index in [1.54, 1.807) is 23.5 Å². The number of phenolic OH excluding ortho intramolecular Hbond substituents is 1. The Kier molecular flexibility index (Phi) is 3.74. The lowest BCUT2D eigenvalue weighted by molar-refractivity contribution is 0.0954. The molecule has 1 heterocycles. The van der Waals surface area contributed by atoms with Gasteiger partial charge in [-0.25, -0.2) is 5.43 Å². The number of nitrogens with zero attached hydrogens (tertiary/aromatic N) is 1. The number of hydrogen-bond donors (Lipinski definition) is 2. The Morgan fingerprint density at radius 3 is 2.83 bits per heavy atom. The van der Waals surface area contributed by atoms with E-state index in [1.165, 1.54) is 12.1 Å². The minimum absolute atomic E-state index is 0.0570. The van der Waals surface area contributed by atoms with Crippen molar-refractivity contribution in [1.82, 2.24) is 5.43 Å². The van der Waals surface area contributed by atoms with Crippen LogP contribution in [0.3, 0.4) is 0 Å². The highest BCUT2D eigenvalue weighted by atomic mass is 32.1. The lowest BCUT2D eigenvalue weighted by atomic mass is 10.2. The molecule has 0 radical (unpaired) electrons. The molecule has 0 aliphatic carbocycles. The fourth-order valence-corrected chi connectivity index (χ4v) is 2.06. The summed E-state index contributed by atoms with van der Waals surface area (Å²) in [5, 5.41) is 15.2. The molecule has 0 saturated carbocycles. The molecule has 2 N–H and O–H groups in total. The van der Waals surface area contributed by atoms with Gasteiger partial charge in [0.1, 0.15) is 5.75 Å². The number of rotatable bonds is 3. The summed E-state index contributed by atoms with van der Waals surface area (Å²) in [6.07, 6.45) is 0. The standard InChI is InChI=1S/C13H12N2O2S/c1-9(12-6-3-7-18-12)14-15-13(17)10-4-2-5-11(16)8-10/h2-8,16H,1H3,(H,15,17)/b14-9-. The smallest absolute Gasteiger partial charge is 0.271 e. The lowest BCUT2D eigenvalue weighted by Crippen LogP contribution is -2.18. The molecule has 0 aliphatic rings. The monoisotopic (exact) mass is 260 g/mol. The van der Waals surface area contributed by atoms with Crippen molar-refractivity contribution in [2.24, 2.45) is 5.10 Å². The molecule has 0 spiro atoms. The maximum atomic E-state index is 11.7. The van der Waals surface area contributed by atoms with Crippen molar-refractivity contribution in [3.63, 3.8) is 0 Å². The summed E-state index contributed by atoms with van der Waals surface area (Å²) in [4.78, 5) is 12.8. The molecule has 4 nitrogen and oxygen atoms in total. The molecule has 92 valence electrons. The third-order valence-electron chi connectivity index (χ3n) is 2.31. The first-order chi connectivity index (χ1) is 8.66. The number of carbonyl (C=O) groups is 1. The predicted molar refractivity (Wildman–Crippen MR) is 72.1 cm³/mol. The van der Waals surface area contributed by atoms with Gasteiger partial charge < -0.3 is 5.11 Å². The third-order valence-corrected chi connectivity index (χ3v) is 3.29. The van der Waals surface area contributed by atoms with Gasteiger partial charge in [-0.1, -0.05) is 12.1 Å². The highest BCUT2D eigenvalue weighted by molar-refractivity contribution is 7.12. The van der Waals surface area contributed by atoms with Gasteiger partial charge in [-0.15, -0.1) is 11.3 Å². The topological polar surface area (TPSA) is 61.7 Å². The van der Waals surface area contributed by atoms with Gasteiger partial charge in [0.05, 0.1) is 5.71 Å². The summed E-state index contributed by atoms with van der Waals surface area (Å²) in [6, 6.07) is 9.99. The largest absolute Gasteiger partial charge is 0.508 e. The molecule has 0 atom stereocenters. The second kappa shape index (κ2) is 5.46. The Labute approximate surface area is 109 Å². The number of nitrogens with one attached hydrogen (secondary N) is 1. The number of thiophene rings is 1. The number of benzene rings is 1. The molecule has 0 bridgehead atoms. The first-order valence-corrected chi connectivity index (χ1v) is 6.22. The Morgan fingerprint density at radius 1 is 1.33 bits per heavy atom. The van der Waals surface area contributed by atoms with Crippen molar-refractivity contribution in [3.05, 3.63) is 52.2 Å². The van der Waals surface area contributed by atoms with Gasteiger partial charge in [-0.05, 0) is 36.6 Å². The van der Waals surface area contributed by atoms with Crippen LogP contribution in [0, 0.1) is 0 Å². The molecule has 2 aromatic rings. The van der Waals surface area contributed by atoms with Gasteiger partial charge in [0.25, 0.3) is 5.91 Å². The maximum absolute atomic E-state index is 11.7. The maximum Gasteiger partial charge on any atom is 0.271 e. The molecule has 1 amide bonds. The van der Waals surface area contributed by atoms with E-state index in [0.29, 0.717) is 5.56 Å². The van der Waals surface area contributed by atoms with Crippen LogP contribution in [-0.2, 0) is 0 Å². The highest BCUT2D eigenvalue weighted by Crippen LogP contribution is 2.11. The average molecular weight is 260 g/mol. The second-order valence-electron chi connectivity index (χ2n) is 3.67. The molecule has 0 saturated heterocycles. The van der Waals surface area contributed by atoms with Crippen LogP contribution < -0.4 is 5.43 Å². The Balaban J connectivity index is 2.07. The molecule has 5 heteroatoms. The minimum Gasteiger partial charge on any atom is -0.508 e. The van der Waals surface area contributed by atoms with Crippen LogP contribution in [0.4, 0.5) is 0 Å². The first kappa shape index (κ1) is 12.3. The summed E-state index contributed by atoms with van der Waals surface area (Å²) < 4.78 is 0. The van der Waals surface area contributed by atoms with Crippen LogP contribution in [0.5, 0.6) is 5.75 Å². The molecule has 1 aromatic carbocycles. The minimum atomic E-state index is -0.346. The molecule has 0 fully saturated rings. The van der Waals surface area contributed by atoms with Crippen LogP contribution in [0.15, 0.2) is 46.9 Å². The van der Waals surface area contributed by atoms with Gasteiger partial charge in [-0.3, -0.25) is 4.79 Å². The lowest BCUT2D eigenvalue weighted by Gasteiger charge is -2.01. The second-order valence-corrected chi connectivity index (χ2v) is 4.61. The van der Waals surface area contributed by atoms with Gasteiger partial charge in [0, 0.05) is 10.4 Å². The van der Waals surface area contributed by atoms with E-state index in [1.807, 2.05) is 24.4 Å². The molecule has 0 unspecified atom stereocenters. The zero-order chi connectivity index (χ0) is 13.0. The average Bonchev–Trinajstić information content (AvgIpc) is 2.89. The van der Waals surface area contributed by atoms with Crippen molar-refractivity contribution in [2.45, 2.75) is 6.92 Å². The van der Waals surface area contributed by atoms with E-state index in [9.17, 15) is 9.90 Å². The molecule has 0 aliphatic heterocycles. The van der Waals surface area contributed by atoms with Gasteiger partial charge >= 0.3 is 0 Å². The van der Waals surface area contributed by atoms with E-state index in [2.05, 4.69) is 10.5 Å². The third kappa shape index (κ3) is 2.95. The number of aromatic hydroxyl groups is 1. The Hall–Kier alpha value is -2.14. The summed E-state index contributed by atoms with van der Waals surface area (Å²) in [7, 11) is 0. The molecule has 18 heavy (non-hydrogen) atoms. The van der Waals surface area contributed by atoms with E-state index < -0.39 is 0 Å².